The highest BCUT2D eigenvalue weighted by Gasteiger charge is 2.44. The van der Waals surface area contributed by atoms with E-state index in [4.69, 9.17) is 4.52 Å². The molecule has 27 heavy (non-hydrogen) atoms. The van der Waals surface area contributed by atoms with Crippen LogP contribution in [0.3, 0.4) is 0 Å². The van der Waals surface area contributed by atoms with Crippen LogP contribution in [0, 0.1) is 5.41 Å². The minimum Gasteiger partial charge on any atom is -0.339 e. The summed E-state index contributed by atoms with van der Waals surface area (Å²) in [5.74, 6) is 1.88. The van der Waals surface area contributed by atoms with Gasteiger partial charge in [-0.05, 0) is 38.6 Å². The standard InChI is InChI=1S/C21H34N4O2/c1-20(2,3)19-22-17(23-27-19)13-24-12-6-10-21(14-24)11-9-18(26)25(15-21)16-7-4-5-8-16/h16H,4-15H2,1-3H3. The summed E-state index contributed by atoms with van der Waals surface area (Å²) in [4.78, 5) is 21.9. The van der Waals surface area contributed by atoms with Gasteiger partial charge < -0.3 is 9.42 Å². The maximum Gasteiger partial charge on any atom is 0.232 e. The molecule has 2 saturated heterocycles. The molecular weight excluding hydrogens is 340 g/mol. The lowest BCUT2D eigenvalue weighted by Gasteiger charge is -2.49. The number of carbonyl (C=O) groups excluding carboxylic acids is 1. The Bertz CT molecular complexity index is 674. The lowest BCUT2D eigenvalue weighted by molar-refractivity contribution is -0.142. The molecule has 6 heteroatoms. The first-order valence-electron chi connectivity index (χ1n) is 10.7. The van der Waals surface area contributed by atoms with Crippen molar-refractivity contribution in [2.75, 3.05) is 19.6 Å². The summed E-state index contributed by atoms with van der Waals surface area (Å²) in [5.41, 5.74) is 0.144. The maximum absolute atomic E-state index is 12.6. The largest absolute Gasteiger partial charge is 0.339 e. The van der Waals surface area contributed by atoms with E-state index in [-0.39, 0.29) is 10.8 Å². The van der Waals surface area contributed by atoms with Crippen LogP contribution in [0.4, 0.5) is 0 Å². The van der Waals surface area contributed by atoms with Crippen molar-refractivity contribution in [2.45, 2.75) is 90.1 Å². The van der Waals surface area contributed by atoms with Crippen LogP contribution in [-0.4, -0.2) is 51.5 Å². The van der Waals surface area contributed by atoms with Gasteiger partial charge in [-0.2, -0.15) is 4.98 Å². The van der Waals surface area contributed by atoms with E-state index < -0.39 is 0 Å². The molecular formula is C21H34N4O2. The van der Waals surface area contributed by atoms with Gasteiger partial charge in [-0.25, -0.2) is 0 Å². The maximum atomic E-state index is 12.6. The molecule has 3 aliphatic rings. The third-order valence-electron chi connectivity index (χ3n) is 6.68. The predicted molar refractivity (Wildman–Crippen MR) is 103 cm³/mol. The topological polar surface area (TPSA) is 62.5 Å². The highest BCUT2D eigenvalue weighted by molar-refractivity contribution is 5.77. The van der Waals surface area contributed by atoms with Crippen molar-refractivity contribution in [1.82, 2.24) is 19.9 Å². The molecule has 150 valence electrons. The van der Waals surface area contributed by atoms with E-state index in [0.717, 1.165) is 44.8 Å². The summed E-state index contributed by atoms with van der Waals surface area (Å²) < 4.78 is 5.47. The van der Waals surface area contributed by atoms with Crippen molar-refractivity contribution in [3.63, 3.8) is 0 Å². The van der Waals surface area contributed by atoms with E-state index in [0.29, 0.717) is 17.8 Å². The summed E-state index contributed by atoms with van der Waals surface area (Å²) in [5, 5.41) is 4.21. The smallest absolute Gasteiger partial charge is 0.232 e. The second-order valence-electron chi connectivity index (χ2n) is 10.0. The Morgan fingerprint density at radius 1 is 1.15 bits per heavy atom. The highest BCUT2D eigenvalue weighted by atomic mass is 16.5. The van der Waals surface area contributed by atoms with Crippen LogP contribution in [0.25, 0.3) is 0 Å². The van der Waals surface area contributed by atoms with Gasteiger partial charge in [-0.1, -0.05) is 38.8 Å². The minimum atomic E-state index is -0.111. The van der Waals surface area contributed by atoms with Crippen LogP contribution >= 0.6 is 0 Å². The van der Waals surface area contributed by atoms with Crippen molar-refractivity contribution in [3.8, 4) is 0 Å². The first-order chi connectivity index (χ1) is 12.8. The molecule has 2 aliphatic heterocycles. The quantitative estimate of drug-likeness (QED) is 0.810. The van der Waals surface area contributed by atoms with Crippen LogP contribution in [0.2, 0.25) is 0 Å². The number of piperidine rings is 2. The normalized spacial score (nSPS) is 28.4. The van der Waals surface area contributed by atoms with Gasteiger partial charge in [0.25, 0.3) is 0 Å². The Kier molecular flexibility index (Phi) is 5.04. The van der Waals surface area contributed by atoms with Gasteiger partial charge in [0, 0.05) is 36.4 Å². The molecule has 1 aliphatic carbocycles. The van der Waals surface area contributed by atoms with Crippen LogP contribution < -0.4 is 0 Å². The third kappa shape index (κ3) is 4.05. The fraction of sp³-hybridized carbons (Fsp3) is 0.857. The van der Waals surface area contributed by atoms with E-state index in [1.54, 1.807) is 0 Å². The molecule has 0 aromatic carbocycles. The Labute approximate surface area is 162 Å². The van der Waals surface area contributed by atoms with Gasteiger partial charge in [-0.3, -0.25) is 9.69 Å². The molecule has 0 bridgehead atoms. The van der Waals surface area contributed by atoms with Gasteiger partial charge in [-0.15, -0.1) is 0 Å². The van der Waals surface area contributed by atoms with Crippen LogP contribution in [0.5, 0.6) is 0 Å². The van der Waals surface area contributed by atoms with Gasteiger partial charge >= 0.3 is 0 Å². The number of hydrogen-bond donors (Lipinski definition) is 0. The van der Waals surface area contributed by atoms with Crippen molar-refractivity contribution in [2.24, 2.45) is 5.41 Å². The number of amides is 1. The van der Waals surface area contributed by atoms with Crippen molar-refractivity contribution < 1.29 is 9.32 Å². The Balaban J connectivity index is 1.42. The summed E-state index contributed by atoms with van der Waals surface area (Å²) in [6.45, 7) is 10.1. The van der Waals surface area contributed by atoms with Crippen molar-refractivity contribution >= 4 is 5.91 Å². The lowest BCUT2D eigenvalue weighted by Crippen LogP contribution is -2.55. The Morgan fingerprint density at radius 3 is 2.63 bits per heavy atom. The zero-order valence-electron chi connectivity index (χ0n) is 17.2. The zero-order chi connectivity index (χ0) is 19.1. The van der Waals surface area contributed by atoms with E-state index in [1.165, 1.54) is 38.5 Å². The predicted octanol–water partition coefficient (Wildman–Crippen LogP) is 3.51. The third-order valence-corrected chi connectivity index (χ3v) is 6.68. The number of aromatic nitrogens is 2. The molecule has 4 rings (SSSR count). The van der Waals surface area contributed by atoms with Crippen molar-refractivity contribution in [3.05, 3.63) is 11.7 Å². The summed E-state index contributed by atoms with van der Waals surface area (Å²) in [6.07, 6.45) is 9.14. The summed E-state index contributed by atoms with van der Waals surface area (Å²) in [7, 11) is 0. The first kappa shape index (κ1) is 18.9. The van der Waals surface area contributed by atoms with Gasteiger partial charge in [0.2, 0.25) is 11.8 Å². The summed E-state index contributed by atoms with van der Waals surface area (Å²) in [6, 6.07) is 0.497. The highest BCUT2D eigenvalue weighted by Crippen LogP contribution is 2.41. The molecule has 1 amide bonds. The second kappa shape index (κ2) is 7.19. The molecule has 1 aromatic rings. The molecule has 0 radical (unpaired) electrons. The fourth-order valence-electron chi connectivity index (χ4n) is 5.19. The molecule has 3 heterocycles. The molecule has 1 saturated carbocycles. The van der Waals surface area contributed by atoms with Crippen LogP contribution in [0.15, 0.2) is 4.52 Å². The van der Waals surface area contributed by atoms with E-state index >= 15 is 0 Å². The molecule has 0 N–H and O–H groups in total. The monoisotopic (exact) mass is 374 g/mol. The molecule has 6 nitrogen and oxygen atoms in total. The second-order valence-corrected chi connectivity index (χ2v) is 10.0. The average molecular weight is 375 g/mol. The molecule has 1 spiro atoms. The minimum absolute atomic E-state index is 0.111. The lowest BCUT2D eigenvalue weighted by atomic mass is 9.73. The number of carbonyl (C=O) groups is 1. The molecule has 1 atom stereocenters. The first-order valence-corrected chi connectivity index (χ1v) is 10.7. The van der Waals surface area contributed by atoms with E-state index in [1.807, 2.05) is 0 Å². The van der Waals surface area contributed by atoms with Gasteiger partial charge in [0.15, 0.2) is 5.82 Å². The van der Waals surface area contributed by atoms with Crippen molar-refractivity contribution in [1.29, 1.82) is 0 Å². The zero-order valence-corrected chi connectivity index (χ0v) is 17.2. The SMILES string of the molecule is CC(C)(C)c1nc(CN2CCCC3(CCC(=O)N(C4CCCC4)C3)C2)no1. The van der Waals surface area contributed by atoms with Gasteiger partial charge in [0.05, 0.1) is 6.54 Å². The molecule has 3 fully saturated rings. The van der Waals surface area contributed by atoms with Crippen LogP contribution in [0.1, 0.15) is 83.9 Å². The number of hydrogen-bond acceptors (Lipinski definition) is 5. The fourth-order valence-corrected chi connectivity index (χ4v) is 5.19. The summed E-state index contributed by atoms with van der Waals surface area (Å²) >= 11 is 0. The average Bonchev–Trinajstić information content (AvgIpc) is 3.29. The van der Waals surface area contributed by atoms with Crippen LogP contribution in [-0.2, 0) is 16.8 Å². The number of likely N-dealkylation sites (tertiary alicyclic amines) is 2. The molecule has 1 unspecified atom stereocenters. The Hall–Kier alpha value is -1.43. The number of rotatable bonds is 3. The van der Waals surface area contributed by atoms with Gasteiger partial charge in [0.1, 0.15) is 0 Å². The molecule has 1 aromatic heterocycles. The number of nitrogens with zero attached hydrogens (tertiary/aromatic N) is 4. The Morgan fingerprint density at radius 2 is 1.93 bits per heavy atom. The van der Waals surface area contributed by atoms with E-state index in [9.17, 15) is 4.79 Å². The van der Waals surface area contributed by atoms with E-state index in [2.05, 4.69) is 40.7 Å².